The van der Waals surface area contributed by atoms with E-state index in [9.17, 15) is 4.39 Å². The van der Waals surface area contributed by atoms with Gasteiger partial charge in [-0.3, -0.25) is 0 Å². The largest absolute Gasteiger partial charge is 0.376 e. The fraction of sp³-hybridized carbons (Fsp3) is 0.538. The first kappa shape index (κ1) is 11.6. The normalized spacial score (nSPS) is 19.4. The fourth-order valence-electron chi connectivity index (χ4n) is 2.02. The first-order chi connectivity index (χ1) is 7.72. The number of halogens is 1. The second-order valence-electron chi connectivity index (χ2n) is 4.33. The average molecular weight is 223 g/mol. The highest BCUT2D eigenvalue weighted by molar-refractivity contribution is 5.21. The lowest BCUT2D eigenvalue weighted by Crippen LogP contribution is -2.30. The summed E-state index contributed by atoms with van der Waals surface area (Å²) >= 11 is 0. The average Bonchev–Trinajstić information content (AvgIpc) is 3.10. The Labute approximate surface area is 95.6 Å². The molecule has 0 bridgehead atoms. The fourth-order valence-corrected chi connectivity index (χ4v) is 2.02. The van der Waals surface area contributed by atoms with Gasteiger partial charge in [0.2, 0.25) is 0 Å². The zero-order chi connectivity index (χ0) is 11.5. The van der Waals surface area contributed by atoms with Gasteiger partial charge in [-0.2, -0.15) is 0 Å². The van der Waals surface area contributed by atoms with Gasteiger partial charge in [-0.15, -0.1) is 0 Å². The van der Waals surface area contributed by atoms with Gasteiger partial charge in [0.15, 0.2) is 0 Å². The first-order valence-corrected chi connectivity index (χ1v) is 5.85. The summed E-state index contributed by atoms with van der Waals surface area (Å²) in [4.78, 5) is 0. The molecular formula is C13H18FNO. The van der Waals surface area contributed by atoms with Crippen molar-refractivity contribution in [3.05, 3.63) is 35.6 Å². The summed E-state index contributed by atoms with van der Waals surface area (Å²) in [5, 5.41) is 0. The Morgan fingerprint density at radius 2 is 2.00 bits per heavy atom. The molecule has 1 aliphatic carbocycles. The molecule has 1 saturated carbocycles. The van der Waals surface area contributed by atoms with E-state index in [0.29, 0.717) is 12.5 Å². The van der Waals surface area contributed by atoms with Gasteiger partial charge in [0.25, 0.3) is 0 Å². The molecule has 16 heavy (non-hydrogen) atoms. The summed E-state index contributed by atoms with van der Waals surface area (Å²) in [6, 6.07) is 6.24. The molecule has 0 spiro atoms. The molecule has 2 atom stereocenters. The molecule has 0 aromatic heterocycles. The zero-order valence-corrected chi connectivity index (χ0v) is 9.53. The van der Waals surface area contributed by atoms with Crippen LogP contribution in [0.15, 0.2) is 24.3 Å². The molecule has 1 aromatic rings. The van der Waals surface area contributed by atoms with E-state index in [1.165, 1.54) is 25.0 Å². The van der Waals surface area contributed by atoms with Gasteiger partial charge in [0.1, 0.15) is 5.82 Å². The lowest BCUT2D eigenvalue weighted by molar-refractivity contribution is 0.0283. The van der Waals surface area contributed by atoms with Crippen molar-refractivity contribution < 1.29 is 9.13 Å². The maximum atomic E-state index is 12.8. The Kier molecular flexibility index (Phi) is 3.56. The van der Waals surface area contributed by atoms with E-state index < -0.39 is 0 Å². The Balaban J connectivity index is 2.08. The minimum atomic E-state index is -0.227. The van der Waals surface area contributed by atoms with Crippen LogP contribution in [0.4, 0.5) is 4.39 Å². The van der Waals surface area contributed by atoms with E-state index >= 15 is 0 Å². The molecule has 0 radical (unpaired) electrons. The molecule has 2 unspecified atom stereocenters. The van der Waals surface area contributed by atoms with E-state index in [1.807, 2.05) is 6.92 Å². The van der Waals surface area contributed by atoms with Crippen molar-refractivity contribution in [2.75, 3.05) is 6.61 Å². The molecule has 0 aliphatic heterocycles. The van der Waals surface area contributed by atoms with Crippen molar-refractivity contribution >= 4 is 0 Å². The van der Waals surface area contributed by atoms with E-state index in [-0.39, 0.29) is 18.0 Å². The number of ether oxygens (including phenoxy) is 1. The van der Waals surface area contributed by atoms with Crippen LogP contribution in [0.2, 0.25) is 0 Å². The molecule has 0 saturated heterocycles. The molecule has 88 valence electrons. The summed E-state index contributed by atoms with van der Waals surface area (Å²) < 4.78 is 18.5. The van der Waals surface area contributed by atoms with Gasteiger partial charge < -0.3 is 10.5 Å². The van der Waals surface area contributed by atoms with Gasteiger partial charge in [0.05, 0.1) is 12.1 Å². The summed E-state index contributed by atoms with van der Waals surface area (Å²) in [6.07, 6.45) is 2.47. The van der Waals surface area contributed by atoms with Crippen LogP contribution in [-0.4, -0.2) is 12.7 Å². The minimum Gasteiger partial charge on any atom is -0.376 e. The van der Waals surface area contributed by atoms with Crippen molar-refractivity contribution in [1.82, 2.24) is 0 Å². The summed E-state index contributed by atoms with van der Waals surface area (Å²) in [5.41, 5.74) is 7.12. The Morgan fingerprint density at radius 3 is 2.50 bits per heavy atom. The second kappa shape index (κ2) is 4.93. The third-order valence-electron chi connectivity index (χ3n) is 3.05. The van der Waals surface area contributed by atoms with E-state index in [4.69, 9.17) is 10.5 Å². The van der Waals surface area contributed by atoms with Crippen LogP contribution in [0, 0.1) is 11.7 Å². The number of hydrogen-bond acceptors (Lipinski definition) is 2. The smallest absolute Gasteiger partial charge is 0.123 e. The SMILES string of the molecule is CCOC(C1CC1)C(N)c1ccc(F)cc1. The van der Waals surface area contributed by atoms with Crippen LogP contribution >= 0.6 is 0 Å². The molecular weight excluding hydrogens is 205 g/mol. The maximum absolute atomic E-state index is 12.8. The van der Waals surface area contributed by atoms with Crippen LogP contribution in [0.25, 0.3) is 0 Å². The van der Waals surface area contributed by atoms with Crippen molar-refractivity contribution in [3.8, 4) is 0 Å². The number of nitrogens with two attached hydrogens (primary N) is 1. The monoisotopic (exact) mass is 223 g/mol. The molecule has 2 nitrogen and oxygen atoms in total. The summed E-state index contributed by atoms with van der Waals surface area (Å²) in [7, 11) is 0. The lowest BCUT2D eigenvalue weighted by atomic mass is 9.99. The van der Waals surface area contributed by atoms with Crippen LogP contribution in [-0.2, 0) is 4.74 Å². The van der Waals surface area contributed by atoms with Crippen molar-refractivity contribution in [2.24, 2.45) is 11.7 Å². The highest BCUT2D eigenvalue weighted by Gasteiger charge is 2.36. The van der Waals surface area contributed by atoms with Gasteiger partial charge in [0, 0.05) is 6.61 Å². The van der Waals surface area contributed by atoms with Gasteiger partial charge in [-0.25, -0.2) is 4.39 Å². The van der Waals surface area contributed by atoms with E-state index in [1.54, 1.807) is 12.1 Å². The van der Waals surface area contributed by atoms with Crippen LogP contribution in [0.1, 0.15) is 31.4 Å². The first-order valence-electron chi connectivity index (χ1n) is 5.85. The van der Waals surface area contributed by atoms with Crippen LogP contribution in [0.5, 0.6) is 0 Å². The number of benzene rings is 1. The lowest BCUT2D eigenvalue weighted by Gasteiger charge is -2.24. The predicted molar refractivity (Wildman–Crippen MR) is 61.5 cm³/mol. The van der Waals surface area contributed by atoms with Crippen molar-refractivity contribution in [3.63, 3.8) is 0 Å². The Hall–Kier alpha value is -0.930. The molecule has 0 heterocycles. The molecule has 2 N–H and O–H groups in total. The number of hydrogen-bond donors (Lipinski definition) is 1. The van der Waals surface area contributed by atoms with Crippen LogP contribution in [0.3, 0.4) is 0 Å². The third kappa shape index (κ3) is 2.60. The quantitative estimate of drug-likeness (QED) is 0.832. The van der Waals surface area contributed by atoms with Crippen LogP contribution < -0.4 is 5.73 Å². The standard InChI is InChI=1S/C13H18FNO/c1-2-16-13(10-3-4-10)12(15)9-5-7-11(14)8-6-9/h5-8,10,12-13H,2-4,15H2,1H3. The zero-order valence-electron chi connectivity index (χ0n) is 9.53. The minimum absolute atomic E-state index is 0.0791. The number of rotatable bonds is 5. The molecule has 1 aromatic carbocycles. The van der Waals surface area contributed by atoms with Gasteiger partial charge in [-0.1, -0.05) is 12.1 Å². The molecule has 0 amide bonds. The van der Waals surface area contributed by atoms with E-state index in [2.05, 4.69) is 0 Å². The maximum Gasteiger partial charge on any atom is 0.123 e. The Bertz CT molecular complexity index is 334. The predicted octanol–water partition coefficient (Wildman–Crippen LogP) is 2.64. The third-order valence-corrected chi connectivity index (χ3v) is 3.05. The molecule has 3 heteroatoms. The topological polar surface area (TPSA) is 35.2 Å². The summed E-state index contributed by atoms with van der Waals surface area (Å²) in [6.45, 7) is 2.66. The van der Waals surface area contributed by atoms with Crippen molar-refractivity contribution in [2.45, 2.75) is 31.9 Å². The second-order valence-corrected chi connectivity index (χ2v) is 4.33. The van der Waals surface area contributed by atoms with Crippen molar-refractivity contribution in [1.29, 1.82) is 0 Å². The summed E-state index contributed by atoms with van der Waals surface area (Å²) in [5.74, 6) is 0.357. The highest BCUT2D eigenvalue weighted by Crippen LogP contribution is 2.39. The molecule has 1 aliphatic rings. The van der Waals surface area contributed by atoms with Gasteiger partial charge >= 0.3 is 0 Å². The highest BCUT2D eigenvalue weighted by atomic mass is 19.1. The molecule has 1 fully saturated rings. The molecule has 2 rings (SSSR count). The Morgan fingerprint density at radius 1 is 1.38 bits per heavy atom. The van der Waals surface area contributed by atoms with E-state index in [0.717, 1.165) is 5.56 Å². The van der Waals surface area contributed by atoms with Gasteiger partial charge in [-0.05, 0) is 43.4 Å².